The van der Waals surface area contributed by atoms with Crippen LogP contribution < -0.4 is 53.2 Å². The van der Waals surface area contributed by atoms with Crippen molar-refractivity contribution in [3.63, 3.8) is 0 Å². The van der Waals surface area contributed by atoms with Gasteiger partial charge in [0.25, 0.3) is 29.5 Å². The van der Waals surface area contributed by atoms with Crippen molar-refractivity contribution in [1.29, 1.82) is 0 Å². The summed E-state index contributed by atoms with van der Waals surface area (Å²) < 4.78 is 0. The van der Waals surface area contributed by atoms with Crippen molar-refractivity contribution >= 4 is 120 Å². The summed E-state index contributed by atoms with van der Waals surface area (Å²) in [7, 11) is 0. The van der Waals surface area contributed by atoms with Gasteiger partial charge in [0.15, 0.2) is 0 Å². The molecule has 10 heterocycles. The van der Waals surface area contributed by atoms with Crippen LogP contribution in [-0.2, 0) is 120 Å². The Hall–Kier alpha value is -12.1. The highest BCUT2D eigenvalue weighted by Crippen LogP contribution is 2.28. The van der Waals surface area contributed by atoms with Crippen molar-refractivity contribution in [2.45, 2.75) is 324 Å². The Morgan fingerprint density at radius 2 is 0.457 bits per heavy atom. The third-order valence-corrected chi connectivity index (χ3v) is 23.5. The molecule has 0 spiro atoms. The van der Waals surface area contributed by atoms with Crippen molar-refractivity contribution in [2.24, 2.45) is 0 Å². The van der Waals surface area contributed by atoms with E-state index in [2.05, 4.69) is 194 Å². The second-order valence-corrected chi connectivity index (χ2v) is 35.5. The number of amides is 15. The number of likely N-dealkylation sites (tertiary alicyclic amines) is 5. The van der Waals surface area contributed by atoms with E-state index in [9.17, 15) is 95.9 Å². The molecule has 10 aliphatic heterocycles. The quantitative estimate of drug-likeness (QED) is 0.0238. The lowest BCUT2D eigenvalue weighted by Gasteiger charge is -2.27. The van der Waals surface area contributed by atoms with Crippen LogP contribution in [0.1, 0.15) is 263 Å². The van der Waals surface area contributed by atoms with E-state index in [1.165, 1.54) is 0 Å². The average molecular weight is 2020 g/mol. The molecule has 10 rings (SSSR count). The van der Waals surface area contributed by atoms with E-state index in [1.54, 1.807) is 0 Å². The summed E-state index contributed by atoms with van der Waals surface area (Å²) in [5.74, 6) is -2.90. The molecule has 5 atom stereocenters. The fraction of sp³-hybridized carbons (Fsp3) is 0.684. The predicted molar refractivity (Wildman–Crippen MR) is 513 cm³/mol. The van der Waals surface area contributed by atoms with Crippen LogP contribution in [0, 0.1) is 0 Å². The maximum atomic E-state index is 12.3. The van der Waals surface area contributed by atoms with Gasteiger partial charge in [-0.2, -0.15) is 0 Å². The van der Waals surface area contributed by atoms with Gasteiger partial charge in [-0.25, -0.2) is 9.59 Å². The van der Waals surface area contributed by atoms with Crippen LogP contribution in [0.25, 0.3) is 0 Å². The number of allylic oxidation sites excluding steroid dienone is 5. The number of nitrogens with one attached hydrogen (secondary N) is 10. The lowest BCUT2D eigenvalue weighted by molar-refractivity contribution is -0.186. The number of hydroxylamine groups is 10. The minimum absolute atomic E-state index is 0.00932. The van der Waals surface area contributed by atoms with E-state index in [1.807, 2.05) is 20.8 Å². The lowest BCUT2D eigenvalue weighted by atomic mass is 10.2. The van der Waals surface area contributed by atoms with E-state index in [0.717, 1.165) is 122 Å². The molecule has 10 saturated heterocycles. The molecular weight excluding hydrogens is 1870 g/mol. The zero-order valence-electron chi connectivity index (χ0n) is 84.4. The molecule has 0 aliphatic carbocycles. The first kappa shape index (κ1) is 122. The summed E-state index contributed by atoms with van der Waals surface area (Å²) in [6.45, 7) is 53.8. The van der Waals surface area contributed by atoms with Gasteiger partial charge in [-0.3, -0.25) is 111 Å². The SMILES string of the molecule is C=C1CCC(=O)N1O[13CH]=O.C=C1CCC(=O)N1O[13CH]=O.C=C1CCC(=O)N1O[13CH]=O.C=C1CCC(=O)N1O[13C](=O)[13CH2]C[15NH][13C](=O)[13CH2][13CH2][15NH]C(=O)C1CCCN1C([13CH3])[13CH3].C=C1CCC(=O)N1O[13C](=O)[13CH2][13CH2][15NH][13C](=O)[13CH2][13CH2]NC(=O)C1CCC[15N]1[13CH](C)C.CC(C)N1CCCC1[13C](=O)[15NH][13CH2][13CH2][13C](=O)[15NH][13CH2][13CH3].CC(C)[15N]1CCCC1[13C](=O)[15NH][13CH2][13CH2][13C](=O)N[13CH2][13CH3].C[13CH](C)N1CCCC1C(=O)[15NH][13CH2][13CH2][13C](=O)[15NH][13CH2][13CH3]. The Kier molecular flexibility index (Phi) is 58.0. The molecule has 0 radical (unpaired) electrons. The van der Waals surface area contributed by atoms with Crippen molar-refractivity contribution in [3.05, 3.63) is 61.4 Å². The summed E-state index contributed by atoms with van der Waals surface area (Å²) in [5, 5.41) is 32.2. The Balaban J connectivity index is 0.000000423. The standard InChI is InChI=1S/2C19H30N4O5.3C13H25N3O2.3C6H7NO3/c2*1-13(2)22-12-4-5-15(22)19(27)21-10-8-16(24)20-11-9-18(26)28-23-14(3)6-7-17(23)25;3*1-4-14-12(17)7-8-15-13(18)11-6-5-9-16(11)10(2)3;3*1-5-2-3-6(9)7(5)10-4-8/h2*13,15H,3-12H2,1-2H3,(H,20,24)(H,21,27);3*10-11H,4-9H2,1-3H3,(H,14,17)(H,15,18);3*4H,1-3H2/i8+1,9+1,10+1,11+1,13+1,16+1,18+1,20+1,22+1;1+1,2+1,8+1,9+1,10+1,16+1,18+1,20+1,21+1;1+1,4+1,7+1,8+1,12+1,13+1,15+1,16+1;1+1,4+1,7+1,8+1,12+1,13+1,14+1,15+1;1+1,4+1,7+1,8+1,10+1,12+1,14+1,15+1;3*4+1. The van der Waals surface area contributed by atoms with E-state index in [4.69, 9.17) is 9.68 Å². The first-order valence-corrected chi connectivity index (χ1v) is 48.8. The molecule has 786 valence electrons. The number of carbonyl (C=O) groups is 20. The highest BCUT2D eigenvalue weighted by Gasteiger charge is 2.39. The zero-order chi connectivity index (χ0) is 105. The maximum absolute atomic E-state index is 12.3. The second-order valence-electron chi connectivity index (χ2n) is 35.5. The zero-order valence-corrected chi connectivity index (χ0v) is 84.4. The average Bonchev–Trinajstić information content (AvgIpc) is 1.71. The van der Waals surface area contributed by atoms with Gasteiger partial charge in [-0.1, -0.05) is 32.9 Å². The van der Waals surface area contributed by atoms with E-state index in [-0.39, 0.29) is 203 Å². The van der Waals surface area contributed by atoms with Crippen LogP contribution in [0.15, 0.2) is 61.4 Å². The van der Waals surface area contributed by atoms with Crippen LogP contribution in [-0.4, -0.2) is 328 Å². The first-order valence-electron chi connectivity index (χ1n) is 48.8. The van der Waals surface area contributed by atoms with Gasteiger partial charge >= 0.3 is 31.4 Å². The van der Waals surface area contributed by atoms with Crippen LogP contribution in [0.2, 0.25) is 0 Å². The molecule has 0 aromatic rings. The fourth-order valence-corrected chi connectivity index (χ4v) is 16.4. The van der Waals surface area contributed by atoms with Crippen LogP contribution in [0.4, 0.5) is 0 Å². The Morgan fingerprint density at radius 3 is 0.621 bits per heavy atom. The number of rotatable bonds is 42. The summed E-state index contributed by atoms with van der Waals surface area (Å²) >= 11 is 0. The van der Waals surface area contributed by atoms with E-state index < -0.39 is 11.9 Å². The largest absolute Gasteiger partial charge is 0.356 e. The predicted octanol–water partition coefficient (Wildman–Crippen LogP) is 3.07. The molecule has 5 unspecified atom stereocenters. The molecule has 0 aromatic carbocycles. The molecule has 140 heavy (non-hydrogen) atoms. The van der Waals surface area contributed by atoms with Crippen LogP contribution in [0.5, 0.6) is 0 Å². The Labute approximate surface area is 822 Å². The molecule has 45 nitrogen and oxygen atoms in total. The van der Waals surface area contributed by atoms with Crippen LogP contribution >= 0.6 is 0 Å². The third kappa shape index (κ3) is 44.2. The summed E-state index contributed by atoms with van der Waals surface area (Å²) in [6, 6.07) is 1.52. The molecule has 15 amide bonds. The fourth-order valence-electron chi connectivity index (χ4n) is 16.4. The Bertz CT molecular complexity index is 3780. The summed E-state index contributed by atoms with van der Waals surface area (Å²) in [5.41, 5.74) is 2.53. The molecule has 10 fully saturated rings. The summed E-state index contributed by atoms with van der Waals surface area (Å²) in [4.78, 5) is 260. The van der Waals surface area contributed by atoms with Crippen LogP contribution in [0.3, 0.4) is 0 Å². The number of nitrogens with zero attached hydrogens (tertiary/aromatic N) is 10. The van der Waals surface area contributed by atoms with E-state index >= 15 is 0 Å². The van der Waals surface area contributed by atoms with Gasteiger partial charge in [0.2, 0.25) is 59.1 Å². The molecule has 0 bridgehead atoms. The molecule has 0 saturated carbocycles. The highest BCUT2D eigenvalue weighted by atomic mass is 16.8. The van der Waals surface area contributed by atoms with Crippen molar-refractivity contribution < 1.29 is 120 Å². The number of carbonyl (C=O) groups excluding carboxylic acids is 20. The number of hydrogen-bond acceptors (Lipinski definition) is 30. The molecule has 10 N–H and O–H groups in total. The maximum Gasteiger partial charge on any atom is 0.334 e. The van der Waals surface area contributed by atoms with Gasteiger partial charge in [0.1, 0.15) is 0 Å². The summed E-state index contributed by atoms with van der Waals surface area (Å²) in [6.07, 6.45) is 15.3. The smallest absolute Gasteiger partial charge is 0.334 e. The van der Waals surface area contributed by atoms with Gasteiger partial charge in [-0.15, -0.1) is 25.3 Å². The van der Waals surface area contributed by atoms with Gasteiger partial charge in [0, 0.05) is 160 Å². The van der Waals surface area contributed by atoms with Crippen molar-refractivity contribution in [2.75, 3.05) is 98.2 Å². The topological polar surface area (TPSA) is 540 Å². The van der Waals surface area contributed by atoms with Gasteiger partial charge in [0.05, 0.1) is 71.5 Å². The van der Waals surface area contributed by atoms with E-state index in [0.29, 0.717) is 169 Å². The monoisotopic (exact) mass is 2020 g/mol. The Morgan fingerprint density at radius 1 is 0.279 bits per heavy atom. The molecule has 45 heteroatoms. The first-order chi connectivity index (χ1) is 66.5. The number of hydrogen-bond donors (Lipinski definition) is 10. The van der Waals surface area contributed by atoms with Gasteiger partial charge in [-0.05, 0) is 219 Å². The minimum Gasteiger partial charge on any atom is -0.356 e. The van der Waals surface area contributed by atoms with Crippen molar-refractivity contribution in [1.82, 2.24) is 103 Å². The molecular formula is C95H156N20O25. The van der Waals surface area contributed by atoms with Gasteiger partial charge < -0.3 is 77.4 Å². The minimum atomic E-state index is -0.611. The molecule has 10 aliphatic rings. The highest BCUT2D eigenvalue weighted by molar-refractivity contribution is 5.88. The molecule has 0 aromatic heterocycles. The lowest BCUT2D eigenvalue weighted by Crippen LogP contribution is -2.46. The normalized spacial score (nSPS) is 19.6. The third-order valence-electron chi connectivity index (χ3n) is 23.5. The second kappa shape index (κ2) is 66.5. The van der Waals surface area contributed by atoms with Crippen molar-refractivity contribution in [3.8, 4) is 0 Å².